The van der Waals surface area contributed by atoms with Crippen LogP contribution in [0.3, 0.4) is 0 Å². The minimum absolute atomic E-state index is 0.269. The second-order valence-electron chi connectivity index (χ2n) is 4.32. The Labute approximate surface area is 117 Å². The Morgan fingerprint density at radius 2 is 2.00 bits per heavy atom. The lowest BCUT2D eigenvalue weighted by molar-refractivity contribution is 0.102. The molecule has 0 fully saturated rings. The minimum atomic E-state index is -0.269. The monoisotopic (exact) mass is 266 g/mol. The summed E-state index contributed by atoms with van der Waals surface area (Å²) in [4.78, 5) is 12.2. The Morgan fingerprint density at radius 3 is 2.65 bits per heavy atom. The van der Waals surface area contributed by atoms with Crippen LogP contribution in [0.2, 0.25) is 0 Å². The van der Waals surface area contributed by atoms with Crippen LogP contribution in [0.15, 0.2) is 42.5 Å². The van der Waals surface area contributed by atoms with Crippen LogP contribution < -0.4 is 10.1 Å². The summed E-state index contributed by atoms with van der Waals surface area (Å²) in [7, 11) is 1.50. The summed E-state index contributed by atoms with van der Waals surface area (Å²) in [6, 6.07) is 14.3. The van der Waals surface area contributed by atoms with Crippen molar-refractivity contribution < 1.29 is 9.53 Å². The van der Waals surface area contributed by atoms with Gasteiger partial charge < -0.3 is 10.1 Å². The van der Waals surface area contributed by atoms with Crippen LogP contribution in [0.1, 0.15) is 21.5 Å². The highest BCUT2D eigenvalue weighted by molar-refractivity contribution is 6.05. The molecule has 20 heavy (non-hydrogen) atoms. The van der Waals surface area contributed by atoms with E-state index in [2.05, 4.69) is 5.32 Å². The van der Waals surface area contributed by atoms with E-state index in [-0.39, 0.29) is 5.91 Å². The molecule has 0 aromatic heterocycles. The zero-order chi connectivity index (χ0) is 14.5. The summed E-state index contributed by atoms with van der Waals surface area (Å²) in [6.45, 7) is 1.92. The Hall–Kier alpha value is -2.80. The van der Waals surface area contributed by atoms with Gasteiger partial charge in [0.15, 0.2) is 0 Å². The van der Waals surface area contributed by atoms with Crippen LogP contribution in [0.4, 0.5) is 5.69 Å². The van der Waals surface area contributed by atoms with Crippen LogP contribution in [0.25, 0.3) is 0 Å². The minimum Gasteiger partial charge on any atom is -0.495 e. The molecule has 0 bridgehead atoms. The van der Waals surface area contributed by atoms with Gasteiger partial charge in [-0.3, -0.25) is 4.79 Å². The van der Waals surface area contributed by atoms with Gasteiger partial charge in [-0.05, 0) is 31.2 Å². The van der Waals surface area contributed by atoms with Crippen molar-refractivity contribution in [2.45, 2.75) is 6.92 Å². The lowest BCUT2D eigenvalue weighted by atomic mass is 10.1. The van der Waals surface area contributed by atoms with Crippen LogP contribution in [-0.2, 0) is 0 Å². The summed E-state index contributed by atoms with van der Waals surface area (Å²) < 4.78 is 5.18. The number of benzene rings is 2. The standard InChI is InChI=1S/C16H14N2O2/c1-11-5-3-6-12(9-11)16(19)18-15-13(10-17)7-4-8-14(15)20-2/h3-9H,1-2H3,(H,18,19). The average Bonchev–Trinajstić information content (AvgIpc) is 2.47. The van der Waals surface area contributed by atoms with Gasteiger partial charge in [-0.15, -0.1) is 0 Å². The van der Waals surface area contributed by atoms with Crippen molar-refractivity contribution in [3.8, 4) is 11.8 Å². The lowest BCUT2D eigenvalue weighted by Gasteiger charge is -2.11. The molecule has 0 unspecified atom stereocenters. The van der Waals surface area contributed by atoms with E-state index in [0.717, 1.165) is 5.56 Å². The zero-order valence-corrected chi connectivity index (χ0v) is 11.3. The normalized spacial score (nSPS) is 9.65. The zero-order valence-electron chi connectivity index (χ0n) is 11.3. The van der Waals surface area contributed by atoms with Crippen LogP contribution in [0, 0.1) is 18.3 Å². The van der Waals surface area contributed by atoms with Crippen LogP contribution >= 0.6 is 0 Å². The third-order valence-corrected chi connectivity index (χ3v) is 2.89. The number of rotatable bonds is 3. The van der Waals surface area contributed by atoms with Crippen molar-refractivity contribution in [2.24, 2.45) is 0 Å². The van der Waals surface area contributed by atoms with E-state index < -0.39 is 0 Å². The molecule has 0 heterocycles. The number of amides is 1. The van der Waals surface area contributed by atoms with E-state index in [4.69, 9.17) is 10.00 Å². The first-order valence-corrected chi connectivity index (χ1v) is 6.11. The maximum Gasteiger partial charge on any atom is 0.255 e. The maximum atomic E-state index is 12.2. The molecular formula is C16H14N2O2. The molecule has 0 aliphatic rings. The van der Waals surface area contributed by atoms with Crippen molar-refractivity contribution in [2.75, 3.05) is 12.4 Å². The van der Waals surface area contributed by atoms with Crippen molar-refractivity contribution in [3.63, 3.8) is 0 Å². The number of nitrogens with one attached hydrogen (secondary N) is 1. The SMILES string of the molecule is COc1cccc(C#N)c1NC(=O)c1cccc(C)c1. The number of anilines is 1. The fourth-order valence-electron chi connectivity index (χ4n) is 1.90. The second kappa shape index (κ2) is 5.89. The van der Waals surface area contributed by atoms with E-state index in [1.807, 2.05) is 25.1 Å². The largest absolute Gasteiger partial charge is 0.495 e. The van der Waals surface area contributed by atoms with Gasteiger partial charge in [0.2, 0.25) is 0 Å². The van der Waals surface area contributed by atoms with Gasteiger partial charge in [0.05, 0.1) is 12.7 Å². The highest BCUT2D eigenvalue weighted by Gasteiger charge is 2.13. The number of methoxy groups -OCH3 is 1. The van der Waals surface area contributed by atoms with E-state index in [9.17, 15) is 4.79 Å². The van der Waals surface area contributed by atoms with E-state index in [1.54, 1.807) is 30.3 Å². The Bertz CT molecular complexity index is 687. The van der Waals surface area contributed by atoms with Gasteiger partial charge in [0.25, 0.3) is 5.91 Å². The average molecular weight is 266 g/mol. The van der Waals surface area contributed by atoms with Gasteiger partial charge in [-0.1, -0.05) is 23.8 Å². The number of hydrogen-bond donors (Lipinski definition) is 1. The third-order valence-electron chi connectivity index (χ3n) is 2.89. The molecule has 0 aliphatic heterocycles. The number of aryl methyl sites for hydroxylation is 1. The molecule has 100 valence electrons. The molecule has 1 amide bonds. The predicted molar refractivity (Wildman–Crippen MR) is 76.8 cm³/mol. The lowest BCUT2D eigenvalue weighted by Crippen LogP contribution is -2.13. The van der Waals surface area contributed by atoms with Crippen molar-refractivity contribution in [3.05, 3.63) is 59.2 Å². The molecule has 2 aromatic carbocycles. The Balaban J connectivity index is 2.35. The molecule has 0 atom stereocenters. The number of hydrogen-bond acceptors (Lipinski definition) is 3. The summed E-state index contributed by atoms with van der Waals surface area (Å²) in [5, 5.41) is 11.8. The summed E-state index contributed by atoms with van der Waals surface area (Å²) in [5.41, 5.74) is 2.30. The highest BCUT2D eigenvalue weighted by atomic mass is 16.5. The number of nitrogens with zero attached hydrogens (tertiary/aromatic N) is 1. The molecule has 2 rings (SSSR count). The molecule has 0 aliphatic carbocycles. The van der Waals surface area contributed by atoms with Crippen LogP contribution in [0.5, 0.6) is 5.75 Å². The third kappa shape index (κ3) is 2.78. The Kier molecular flexibility index (Phi) is 4.02. The van der Waals surface area contributed by atoms with Gasteiger partial charge >= 0.3 is 0 Å². The van der Waals surface area contributed by atoms with E-state index in [0.29, 0.717) is 22.6 Å². The van der Waals surface area contributed by atoms with E-state index in [1.165, 1.54) is 7.11 Å². The molecule has 0 saturated heterocycles. The molecule has 4 heteroatoms. The topological polar surface area (TPSA) is 62.1 Å². The first kappa shape index (κ1) is 13.6. The van der Waals surface area contributed by atoms with Gasteiger partial charge in [-0.25, -0.2) is 0 Å². The molecule has 2 aromatic rings. The second-order valence-corrected chi connectivity index (χ2v) is 4.32. The number of nitriles is 1. The van der Waals surface area contributed by atoms with Crippen LogP contribution in [-0.4, -0.2) is 13.0 Å². The quantitative estimate of drug-likeness (QED) is 0.928. The summed E-state index contributed by atoms with van der Waals surface area (Å²) >= 11 is 0. The predicted octanol–water partition coefficient (Wildman–Crippen LogP) is 3.13. The Morgan fingerprint density at radius 1 is 1.25 bits per heavy atom. The number of para-hydroxylation sites is 1. The molecule has 1 N–H and O–H groups in total. The van der Waals surface area contributed by atoms with Gasteiger partial charge in [0, 0.05) is 5.56 Å². The number of carbonyl (C=O) groups is 1. The summed E-state index contributed by atoms with van der Waals surface area (Å²) in [6.07, 6.45) is 0. The van der Waals surface area contributed by atoms with Gasteiger partial charge in [-0.2, -0.15) is 5.26 Å². The first-order chi connectivity index (χ1) is 9.65. The molecule has 4 nitrogen and oxygen atoms in total. The van der Waals surface area contributed by atoms with E-state index >= 15 is 0 Å². The fraction of sp³-hybridized carbons (Fsp3) is 0.125. The highest BCUT2D eigenvalue weighted by Crippen LogP contribution is 2.28. The smallest absolute Gasteiger partial charge is 0.255 e. The molecular weight excluding hydrogens is 252 g/mol. The fourth-order valence-corrected chi connectivity index (χ4v) is 1.90. The molecule has 0 saturated carbocycles. The summed E-state index contributed by atoms with van der Waals surface area (Å²) in [5.74, 6) is 0.194. The van der Waals surface area contributed by atoms with Crippen molar-refractivity contribution >= 4 is 11.6 Å². The van der Waals surface area contributed by atoms with Crippen molar-refractivity contribution in [1.29, 1.82) is 5.26 Å². The number of carbonyl (C=O) groups excluding carboxylic acids is 1. The van der Waals surface area contributed by atoms with Crippen molar-refractivity contribution in [1.82, 2.24) is 0 Å². The van der Waals surface area contributed by atoms with Gasteiger partial charge in [0.1, 0.15) is 17.5 Å². The maximum absolute atomic E-state index is 12.2. The molecule has 0 radical (unpaired) electrons. The number of ether oxygens (including phenoxy) is 1. The first-order valence-electron chi connectivity index (χ1n) is 6.11. The molecule has 0 spiro atoms.